The van der Waals surface area contributed by atoms with Crippen LogP contribution < -0.4 is 0 Å². The van der Waals surface area contributed by atoms with E-state index in [1.54, 1.807) is 0 Å². The maximum atomic E-state index is 6.66. The summed E-state index contributed by atoms with van der Waals surface area (Å²) in [6.45, 7) is 27.5. The lowest BCUT2D eigenvalue weighted by Gasteiger charge is -2.42. The van der Waals surface area contributed by atoms with Gasteiger partial charge in [0.15, 0.2) is 16.6 Å². The van der Waals surface area contributed by atoms with Crippen molar-refractivity contribution in [2.24, 2.45) is 0 Å². The molecule has 1 fully saturated rings. The van der Waals surface area contributed by atoms with E-state index in [1.807, 2.05) is 6.08 Å². The zero-order valence-corrected chi connectivity index (χ0v) is 21.5. The van der Waals surface area contributed by atoms with E-state index in [-0.39, 0.29) is 28.4 Å². The molecule has 0 aromatic heterocycles. The van der Waals surface area contributed by atoms with Crippen molar-refractivity contribution in [2.75, 3.05) is 6.61 Å². The molecule has 1 aliphatic rings. The van der Waals surface area contributed by atoms with Gasteiger partial charge in [0, 0.05) is 12.8 Å². The summed E-state index contributed by atoms with van der Waals surface area (Å²) in [7, 11) is -3.49. The molecule has 1 saturated heterocycles. The predicted molar refractivity (Wildman–Crippen MR) is 122 cm³/mol. The molecule has 0 N–H and O–H groups in total. The molecular weight excluding hydrogens is 368 g/mol. The number of ether oxygens (including phenoxy) is 1. The largest absolute Gasteiger partial charge is 0.414 e. The van der Waals surface area contributed by atoms with Crippen molar-refractivity contribution in [1.82, 2.24) is 0 Å². The molecule has 0 amide bonds. The topological polar surface area (TPSA) is 27.7 Å². The maximum absolute atomic E-state index is 6.66. The average Bonchev–Trinajstić information content (AvgIpc) is 2.48. The van der Waals surface area contributed by atoms with Gasteiger partial charge < -0.3 is 13.6 Å². The highest BCUT2D eigenvalue weighted by Crippen LogP contribution is 2.39. The molecule has 3 atom stereocenters. The molecular formula is C22H44O3Si2. The summed E-state index contributed by atoms with van der Waals surface area (Å²) in [5.74, 6) is 0. The summed E-state index contributed by atoms with van der Waals surface area (Å²) in [5, 5.41) is 0.454. The molecule has 0 bridgehead atoms. The molecule has 0 saturated carbocycles. The van der Waals surface area contributed by atoms with Crippen molar-refractivity contribution >= 4 is 16.6 Å². The fraction of sp³-hybridized carbons (Fsp3) is 0.818. The molecule has 1 aliphatic heterocycles. The van der Waals surface area contributed by atoms with Crippen LogP contribution in [0.3, 0.4) is 0 Å². The first-order chi connectivity index (χ1) is 12.1. The van der Waals surface area contributed by atoms with Crippen molar-refractivity contribution in [1.29, 1.82) is 0 Å². The Morgan fingerprint density at radius 1 is 0.926 bits per heavy atom. The van der Waals surface area contributed by atoms with E-state index in [2.05, 4.69) is 86.5 Å². The van der Waals surface area contributed by atoms with E-state index in [1.165, 1.54) is 0 Å². The van der Waals surface area contributed by atoms with Crippen LogP contribution in [0.2, 0.25) is 36.3 Å². The van der Waals surface area contributed by atoms with E-state index in [0.717, 1.165) is 12.8 Å². The van der Waals surface area contributed by atoms with E-state index < -0.39 is 16.6 Å². The van der Waals surface area contributed by atoms with Gasteiger partial charge in [0.2, 0.25) is 0 Å². The minimum absolute atomic E-state index is 0.0597. The Hall–Kier alpha value is -0.206. The predicted octanol–water partition coefficient (Wildman–Crippen LogP) is 6.69. The standard InChI is InChI=1S/C22H44O3Si2/c1-12-18-16-20(25-27(10,11)22(5,6)7)17-19(24-18)14-13-15-23-26(8,9)21(2,3)4/h12-14,18-20H,1,15-17H2,2-11H3/b14-13-/t18-,19+,20+/m0/s1. The van der Waals surface area contributed by atoms with Crippen molar-refractivity contribution in [3.8, 4) is 0 Å². The number of rotatable bonds is 7. The van der Waals surface area contributed by atoms with Gasteiger partial charge in [-0.1, -0.05) is 59.8 Å². The summed E-state index contributed by atoms with van der Waals surface area (Å²) in [6.07, 6.45) is 8.37. The monoisotopic (exact) mass is 412 g/mol. The van der Waals surface area contributed by atoms with Crippen molar-refractivity contribution in [3.05, 3.63) is 24.8 Å². The summed E-state index contributed by atoms with van der Waals surface area (Å²) < 4.78 is 19.1. The van der Waals surface area contributed by atoms with Crippen molar-refractivity contribution < 1.29 is 13.6 Å². The molecule has 0 aromatic rings. The molecule has 0 aromatic carbocycles. The van der Waals surface area contributed by atoms with Gasteiger partial charge >= 0.3 is 0 Å². The Morgan fingerprint density at radius 2 is 1.44 bits per heavy atom. The second kappa shape index (κ2) is 9.08. The fourth-order valence-electron chi connectivity index (χ4n) is 2.60. The molecule has 0 unspecified atom stereocenters. The average molecular weight is 413 g/mol. The Balaban J connectivity index is 2.69. The molecule has 0 aliphatic carbocycles. The van der Waals surface area contributed by atoms with Gasteiger partial charge in [-0.15, -0.1) is 6.58 Å². The van der Waals surface area contributed by atoms with E-state index in [4.69, 9.17) is 13.6 Å². The second-order valence-electron chi connectivity index (χ2n) is 10.9. The number of hydrogen-bond donors (Lipinski definition) is 0. The van der Waals surface area contributed by atoms with Crippen LogP contribution >= 0.6 is 0 Å². The Bertz CT molecular complexity index is 513. The Kier molecular flexibility index (Phi) is 8.35. The molecule has 158 valence electrons. The van der Waals surface area contributed by atoms with E-state index in [0.29, 0.717) is 6.61 Å². The Labute approximate surface area is 170 Å². The van der Waals surface area contributed by atoms with Crippen molar-refractivity contribution in [3.63, 3.8) is 0 Å². The van der Waals surface area contributed by atoms with Crippen LogP contribution in [0, 0.1) is 0 Å². The minimum atomic E-state index is -1.78. The van der Waals surface area contributed by atoms with Gasteiger partial charge in [-0.05, 0) is 36.3 Å². The maximum Gasteiger partial charge on any atom is 0.192 e. The van der Waals surface area contributed by atoms with Crippen LogP contribution in [0.5, 0.6) is 0 Å². The lowest BCUT2D eigenvalue weighted by Crippen LogP contribution is -2.47. The fourth-order valence-corrected chi connectivity index (χ4v) is 4.92. The highest BCUT2D eigenvalue weighted by molar-refractivity contribution is 6.74. The molecule has 3 nitrogen and oxygen atoms in total. The second-order valence-corrected chi connectivity index (χ2v) is 20.5. The van der Waals surface area contributed by atoms with Crippen LogP contribution in [-0.2, 0) is 13.6 Å². The molecule has 27 heavy (non-hydrogen) atoms. The minimum Gasteiger partial charge on any atom is -0.414 e. The van der Waals surface area contributed by atoms with Crippen molar-refractivity contribution in [2.45, 2.75) is 109 Å². The van der Waals surface area contributed by atoms with Gasteiger partial charge in [-0.2, -0.15) is 0 Å². The van der Waals surface area contributed by atoms with E-state index >= 15 is 0 Å². The van der Waals surface area contributed by atoms with Crippen LogP contribution in [0.15, 0.2) is 24.8 Å². The van der Waals surface area contributed by atoms with Gasteiger partial charge in [-0.25, -0.2) is 0 Å². The zero-order valence-electron chi connectivity index (χ0n) is 19.5. The van der Waals surface area contributed by atoms with Gasteiger partial charge in [0.25, 0.3) is 0 Å². The molecule has 0 spiro atoms. The highest BCUT2D eigenvalue weighted by atomic mass is 28.4. The normalized spacial score (nSPS) is 25.8. The van der Waals surface area contributed by atoms with Crippen LogP contribution in [-0.4, -0.2) is 41.6 Å². The van der Waals surface area contributed by atoms with Crippen LogP contribution in [0.4, 0.5) is 0 Å². The third-order valence-corrected chi connectivity index (χ3v) is 15.6. The van der Waals surface area contributed by atoms with Gasteiger partial charge in [-0.3, -0.25) is 0 Å². The summed E-state index contributed by atoms with van der Waals surface area (Å²) in [6, 6.07) is 0. The molecule has 1 heterocycles. The third kappa shape index (κ3) is 7.28. The van der Waals surface area contributed by atoms with Crippen LogP contribution in [0.25, 0.3) is 0 Å². The first-order valence-corrected chi connectivity index (χ1v) is 16.2. The zero-order chi connectivity index (χ0) is 21.1. The number of hydrogen-bond acceptors (Lipinski definition) is 3. The molecule has 0 radical (unpaired) electrons. The highest BCUT2D eigenvalue weighted by Gasteiger charge is 2.41. The van der Waals surface area contributed by atoms with Gasteiger partial charge in [0.05, 0.1) is 24.9 Å². The lowest BCUT2D eigenvalue weighted by atomic mass is 10.0. The Morgan fingerprint density at radius 3 is 1.93 bits per heavy atom. The summed E-state index contributed by atoms with van der Waals surface area (Å²) >= 11 is 0. The lowest BCUT2D eigenvalue weighted by molar-refractivity contribution is -0.0506. The summed E-state index contributed by atoms with van der Waals surface area (Å²) in [4.78, 5) is 0. The van der Waals surface area contributed by atoms with Crippen LogP contribution in [0.1, 0.15) is 54.4 Å². The molecule has 1 rings (SSSR count). The molecule has 5 heteroatoms. The SMILES string of the molecule is C=C[C@H]1C[C@@H](O[Si](C)(C)C(C)(C)C)C[C@@H](/C=C\CO[Si](C)(C)C(C)(C)C)O1. The summed E-state index contributed by atoms with van der Waals surface area (Å²) in [5.41, 5.74) is 0. The first-order valence-electron chi connectivity index (χ1n) is 10.4. The third-order valence-electron chi connectivity index (χ3n) is 6.57. The first kappa shape index (κ1) is 24.8. The smallest absolute Gasteiger partial charge is 0.192 e. The van der Waals surface area contributed by atoms with E-state index in [9.17, 15) is 0 Å². The quantitative estimate of drug-likeness (QED) is 0.344. The van der Waals surface area contributed by atoms with Gasteiger partial charge in [0.1, 0.15) is 0 Å².